The molecular weight excluding hydrogens is 352 g/mol. The molecule has 1 amide bonds. The summed E-state index contributed by atoms with van der Waals surface area (Å²) >= 11 is 0. The van der Waals surface area contributed by atoms with Crippen molar-refractivity contribution in [1.82, 2.24) is 9.62 Å². The number of carbonyl (C=O) groups excluding carboxylic acids is 1. The Labute approximate surface area is 153 Å². The molecule has 0 bridgehead atoms. The van der Waals surface area contributed by atoms with Crippen LogP contribution in [0.1, 0.15) is 24.4 Å². The van der Waals surface area contributed by atoms with Crippen molar-refractivity contribution >= 4 is 26.9 Å². The Kier molecular flexibility index (Phi) is 5.57. The molecular formula is C18H24N4O3S. The molecule has 1 unspecified atom stereocenters. The van der Waals surface area contributed by atoms with Crippen molar-refractivity contribution in [3.63, 3.8) is 0 Å². The summed E-state index contributed by atoms with van der Waals surface area (Å²) in [4.78, 5) is 12.6. The molecule has 1 heterocycles. The van der Waals surface area contributed by atoms with Crippen LogP contribution < -0.4 is 16.2 Å². The fraction of sp³-hybridized carbons (Fsp3) is 0.389. The lowest BCUT2D eigenvalue weighted by Gasteiger charge is -2.30. The third-order valence-electron chi connectivity index (χ3n) is 4.91. The van der Waals surface area contributed by atoms with E-state index in [0.29, 0.717) is 19.4 Å². The standard InChI is InChI=1S/C18H24N4O3S/c19-12-17(16-6-5-13-3-1-2-4-15(13)11-16)21-18(23)14-7-9-22(10-8-14)26(20,24)25/h1-6,11,14,17H,7-10,12,19H2,(H,21,23)(H2,20,24,25). The summed E-state index contributed by atoms with van der Waals surface area (Å²) in [5, 5.41) is 10.4. The predicted molar refractivity (Wildman–Crippen MR) is 101 cm³/mol. The van der Waals surface area contributed by atoms with E-state index < -0.39 is 10.2 Å². The average Bonchev–Trinajstić information content (AvgIpc) is 2.65. The number of hydrogen-bond donors (Lipinski definition) is 3. The predicted octanol–water partition coefficient (Wildman–Crippen LogP) is 0.871. The van der Waals surface area contributed by atoms with Crippen LogP contribution in [-0.4, -0.2) is 38.3 Å². The number of nitrogens with one attached hydrogen (secondary N) is 1. The molecule has 0 aliphatic carbocycles. The maximum atomic E-state index is 12.6. The number of rotatable bonds is 5. The largest absolute Gasteiger partial charge is 0.348 e. The van der Waals surface area contributed by atoms with Gasteiger partial charge in [0.1, 0.15) is 0 Å². The molecule has 1 fully saturated rings. The first-order valence-electron chi connectivity index (χ1n) is 8.65. The highest BCUT2D eigenvalue weighted by Gasteiger charge is 2.30. The minimum absolute atomic E-state index is 0.0947. The first-order valence-corrected chi connectivity index (χ1v) is 10.2. The Morgan fingerprint density at radius 2 is 1.81 bits per heavy atom. The molecule has 2 aromatic carbocycles. The molecule has 26 heavy (non-hydrogen) atoms. The Morgan fingerprint density at radius 1 is 1.15 bits per heavy atom. The van der Waals surface area contributed by atoms with Gasteiger partial charge < -0.3 is 11.1 Å². The van der Waals surface area contributed by atoms with Crippen LogP contribution in [0.15, 0.2) is 42.5 Å². The Bertz CT molecular complexity index is 892. The maximum Gasteiger partial charge on any atom is 0.276 e. The molecule has 1 aliphatic rings. The minimum atomic E-state index is -3.68. The number of nitrogens with zero attached hydrogens (tertiary/aromatic N) is 1. The van der Waals surface area contributed by atoms with Crippen molar-refractivity contribution in [2.45, 2.75) is 18.9 Å². The average molecular weight is 376 g/mol. The number of carbonyl (C=O) groups is 1. The number of hydrogen-bond acceptors (Lipinski definition) is 4. The van der Waals surface area contributed by atoms with Crippen molar-refractivity contribution in [3.8, 4) is 0 Å². The molecule has 0 aromatic heterocycles. The topological polar surface area (TPSA) is 119 Å². The molecule has 7 nitrogen and oxygen atoms in total. The monoisotopic (exact) mass is 376 g/mol. The Balaban J connectivity index is 1.67. The fourth-order valence-corrected chi connectivity index (χ4v) is 4.08. The minimum Gasteiger partial charge on any atom is -0.348 e. The number of piperidine rings is 1. The molecule has 0 spiro atoms. The van der Waals surface area contributed by atoms with Gasteiger partial charge in [-0.15, -0.1) is 0 Å². The van der Waals surface area contributed by atoms with Gasteiger partial charge in [-0.3, -0.25) is 4.79 Å². The van der Waals surface area contributed by atoms with E-state index in [1.807, 2.05) is 42.5 Å². The zero-order valence-corrected chi connectivity index (χ0v) is 15.3. The maximum absolute atomic E-state index is 12.6. The van der Waals surface area contributed by atoms with Crippen LogP contribution in [0, 0.1) is 5.92 Å². The molecule has 5 N–H and O–H groups in total. The highest BCUT2D eigenvalue weighted by atomic mass is 32.2. The van der Waals surface area contributed by atoms with Gasteiger partial charge in [-0.25, -0.2) is 5.14 Å². The summed E-state index contributed by atoms with van der Waals surface area (Å²) in [6.45, 7) is 0.820. The Morgan fingerprint density at radius 3 is 2.42 bits per heavy atom. The normalized spacial score (nSPS) is 17.9. The number of benzene rings is 2. The molecule has 1 saturated heterocycles. The van der Waals surface area contributed by atoms with Crippen LogP contribution in [0.5, 0.6) is 0 Å². The Hall–Kier alpha value is -2.00. The lowest BCUT2D eigenvalue weighted by atomic mass is 9.95. The number of amides is 1. The molecule has 2 aromatic rings. The van der Waals surface area contributed by atoms with Crippen LogP contribution in [0.3, 0.4) is 0 Å². The molecule has 0 saturated carbocycles. The molecule has 1 aliphatic heterocycles. The van der Waals surface area contributed by atoms with Crippen LogP contribution in [0.2, 0.25) is 0 Å². The second-order valence-corrected chi connectivity index (χ2v) is 8.17. The van der Waals surface area contributed by atoms with E-state index in [0.717, 1.165) is 16.3 Å². The van der Waals surface area contributed by atoms with Crippen molar-refractivity contribution in [1.29, 1.82) is 0 Å². The smallest absolute Gasteiger partial charge is 0.276 e. The van der Waals surface area contributed by atoms with E-state index in [9.17, 15) is 13.2 Å². The van der Waals surface area contributed by atoms with Crippen LogP contribution in [0.4, 0.5) is 0 Å². The number of fused-ring (bicyclic) bond motifs is 1. The van der Waals surface area contributed by atoms with Crippen LogP contribution in [0.25, 0.3) is 10.8 Å². The van der Waals surface area contributed by atoms with Gasteiger partial charge in [0, 0.05) is 25.6 Å². The van der Waals surface area contributed by atoms with Gasteiger partial charge in [-0.1, -0.05) is 36.4 Å². The quantitative estimate of drug-likeness (QED) is 0.717. The molecule has 1 atom stereocenters. The highest BCUT2D eigenvalue weighted by Crippen LogP contribution is 2.23. The van der Waals surface area contributed by atoms with Gasteiger partial charge in [0.15, 0.2) is 0 Å². The molecule has 0 radical (unpaired) electrons. The second kappa shape index (κ2) is 7.71. The van der Waals surface area contributed by atoms with Gasteiger partial charge in [0.2, 0.25) is 5.91 Å². The van der Waals surface area contributed by atoms with E-state index in [2.05, 4.69) is 5.32 Å². The third kappa shape index (κ3) is 4.21. The summed E-state index contributed by atoms with van der Waals surface area (Å²) in [5.74, 6) is -0.329. The van der Waals surface area contributed by atoms with Crippen molar-refractivity contribution in [2.75, 3.05) is 19.6 Å². The molecule has 3 rings (SSSR count). The van der Waals surface area contributed by atoms with Crippen molar-refractivity contribution in [2.24, 2.45) is 16.8 Å². The fourth-order valence-electron chi connectivity index (χ4n) is 3.36. The SMILES string of the molecule is NCC(NC(=O)C1CCN(S(N)(=O)=O)CC1)c1ccc2ccccc2c1. The molecule has 8 heteroatoms. The van der Waals surface area contributed by atoms with E-state index in [1.165, 1.54) is 4.31 Å². The van der Waals surface area contributed by atoms with Gasteiger partial charge in [0.25, 0.3) is 10.2 Å². The highest BCUT2D eigenvalue weighted by molar-refractivity contribution is 7.86. The number of nitrogens with two attached hydrogens (primary N) is 2. The molecule has 140 valence electrons. The van der Waals surface area contributed by atoms with Crippen molar-refractivity contribution in [3.05, 3.63) is 48.0 Å². The van der Waals surface area contributed by atoms with Gasteiger partial charge in [0.05, 0.1) is 6.04 Å². The van der Waals surface area contributed by atoms with Crippen molar-refractivity contribution < 1.29 is 13.2 Å². The van der Waals surface area contributed by atoms with Crippen LogP contribution in [-0.2, 0) is 15.0 Å². The van der Waals surface area contributed by atoms with Crippen LogP contribution >= 0.6 is 0 Å². The summed E-state index contributed by atoms with van der Waals surface area (Å²) in [6.07, 6.45) is 0.911. The first kappa shape index (κ1) is 18.8. The van der Waals surface area contributed by atoms with E-state index in [1.54, 1.807) is 0 Å². The van der Waals surface area contributed by atoms with E-state index >= 15 is 0 Å². The summed E-state index contributed by atoms with van der Waals surface area (Å²) in [7, 11) is -3.68. The summed E-state index contributed by atoms with van der Waals surface area (Å²) in [6, 6.07) is 13.8. The zero-order chi connectivity index (χ0) is 18.7. The lowest BCUT2D eigenvalue weighted by molar-refractivity contribution is -0.126. The van der Waals surface area contributed by atoms with E-state index in [4.69, 9.17) is 10.9 Å². The first-order chi connectivity index (χ1) is 12.4. The summed E-state index contributed by atoms with van der Waals surface area (Å²) in [5.41, 5.74) is 6.85. The summed E-state index contributed by atoms with van der Waals surface area (Å²) < 4.78 is 23.9. The van der Waals surface area contributed by atoms with Gasteiger partial charge in [-0.05, 0) is 35.2 Å². The van der Waals surface area contributed by atoms with E-state index in [-0.39, 0.29) is 31.0 Å². The second-order valence-electron chi connectivity index (χ2n) is 6.62. The zero-order valence-electron chi connectivity index (χ0n) is 14.5. The lowest BCUT2D eigenvalue weighted by Crippen LogP contribution is -2.46. The van der Waals surface area contributed by atoms with Gasteiger partial charge in [-0.2, -0.15) is 12.7 Å². The van der Waals surface area contributed by atoms with Gasteiger partial charge >= 0.3 is 0 Å². The third-order valence-corrected chi connectivity index (χ3v) is 6.00.